The van der Waals surface area contributed by atoms with Crippen LogP contribution < -0.4 is 9.46 Å². The van der Waals surface area contributed by atoms with Crippen molar-refractivity contribution in [2.75, 3.05) is 31.5 Å². The fraction of sp³-hybridized carbons (Fsp3) is 0.393. The van der Waals surface area contributed by atoms with Crippen molar-refractivity contribution in [3.63, 3.8) is 0 Å². The Kier molecular flexibility index (Phi) is 9.00. The highest BCUT2D eigenvalue weighted by Gasteiger charge is 2.35. The van der Waals surface area contributed by atoms with Crippen LogP contribution in [0.5, 0.6) is 5.75 Å². The number of aromatic nitrogens is 2. The van der Waals surface area contributed by atoms with Crippen LogP contribution in [0.3, 0.4) is 0 Å². The van der Waals surface area contributed by atoms with Crippen LogP contribution in [0.15, 0.2) is 60.0 Å². The number of para-hydroxylation sites is 1. The first-order valence-electron chi connectivity index (χ1n) is 13.1. The molecule has 3 atom stereocenters. The number of carbonyl (C=O) groups is 2. The molecule has 3 aromatic rings. The lowest BCUT2D eigenvalue weighted by molar-refractivity contribution is 0.0343. The van der Waals surface area contributed by atoms with E-state index in [0.717, 1.165) is 5.56 Å². The minimum Gasteiger partial charge on any atom is -0.486 e. The van der Waals surface area contributed by atoms with E-state index < -0.39 is 28.1 Å². The van der Waals surface area contributed by atoms with Crippen LogP contribution in [0.25, 0.3) is 0 Å². The SMILES string of the molecule is C[C@@H]1CN([C@H](C)CO)C(=O)c2cccc(NS(=O)(=O)c3cn(C)cn3)c2O[C@H]1CN(C)Cc1ccc(C(=O)O)cc1. The van der Waals surface area contributed by atoms with Gasteiger partial charge >= 0.3 is 5.97 Å². The van der Waals surface area contributed by atoms with Crippen LogP contribution in [0, 0.1) is 5.92 Å². The van der Waals surface area contributed by atoms with E-state index in [1.807, 2.05) is 18.9 Å². The van der Waals surface area contributed by atoms with Gasteiger partial charge in [0.2, 0.25) is 0 Å². The number of hydrogen-bond donors (Lipinski definition) is 3. The van der Waals surface area contributed by atoms with Crippen molar-refractivity contribution in [1.29, 1.82) is 0 Å². The number of hydrogen-bond acceptors (Lipinski definition) is 8. The van der Waals surface area contributed by atoms with Crippen LogP contribution in [0.1, 0.15) is 40.1 Å². The Morgan fingerprint density at radius 3 is 2.56 bits per heavy atom. The third-order valence-electron chi connectivity index (χ3n) is 7.04. The summed E-state index contributed by atoms with van der Waals surface area (Å²) in [6.07, 6.45) is 2.27. The third kappa shape index (κ3) is 6.87. The number of aliphatic hydroxyl groups is 1. The van der Waals surface area contributed by atoms with Gasteiger partial charge in [-0.15, -0.1) is 0 Å². The summed E-state index contributed by atoms with van der Waals surface area (Å²) in [7, 11) is -0.525. The Balaban J connectivity index is 1.67. The molecule has 0 spiro atoms. The maximum absolute atomic E-state index is 13.7. The summed E-state index contributed by atoms with van der Waals surface area (Å²) in [6, 6.07) is 10.8. The van der Waals surface area contributed by atoms with Gasteiger partial charge in [-0.1, -0.05) is 25.1 Å². The topological polar surface area (TPSA) is 154 Å². The Labute approximate surface area is 239 Å². The number of carboxylic acids is 1. The molecule has 2 aromatic carbocycles. The van der Waals surface area contributed by atoms with E-state index in [-0.39, 0.29) is 46.0 Å². The van der Waals surface area contributed by atoms with Crippen molar-refractivity contribution in [3.05, 3.63) is 71.7 Å². The van der Waals surface area contributed by atoms with Gasteiger partial charge < -0.3 is 24.4 Å². The molecule has 1 aliphatic rings. The van der Waals surface area contributed by atoms with Gasteiger partial charge in [-0.2, -0.15) is 8.42 Å². The first-order valence-corrected chi connectivity index (χ1v) is 14.6. The zero-order valence-electron chi connectivity index (χ0n) is 23.4. The van der Waals surface area contributed by atoms with Crippen molar-refractivity contribution in [3.8, 4) is 5.75 Å². The minimum atomic E-state index is -4.08. The predicted molar refractivity (Wildman–Crippen MR) is 151 cm³/mol. The molecular formula is C28H35N5O7S. The number of likely N-dealkylation sites (N-methyl/N-ethyl adjacent to an activating group) is 1. The molecule has 0 saturated heterocycles. The molecular weight excluding hydrogens is 550 g/mol. The number of aromatic carboxylic acids is 1. The molecule has 41 heavy (non-hydrogen) atoms. The third-order valence-corrected chi connectivity index (χ3v) is 8.29. The lowest BCUT2D eigenvalue weighted by Crippen LogP contribution is -2.49. The maximum atomic E-state index is 13.7. The predicted octanol–water partition coefficient (Wildman–Crippen LogP) is 2.27. The van der Waals surface area contributed by atoms with E-state index in [4.69, 9.17) is 4.74 Å². The number of ether oxygens (including phenoxy) is 1. The van der Waals surface area contributed by atoms with Crippen LogP contribution in [0.2, 0.25) is 0 Å². The Bertz CT molecular complexity index is 1510. The monoisotopic (exact) mass is 585 g/mol. The van der Waals surface area contributed by atoms with E-state index in [1.54, 1.807) is 55.3 Å². The maximum Gasteiger partial charge on any atom is 0.335 e. The first-order chi connectivity index (χ1) is 19.4. The molecule has 1 amide bonds. The number of rotatable bonds is 10. The molecule has 0 saturated carbocycles. The number of carboxylic acid groups (broad SMARTS) is 1. The van der Waals surface area contributed by atoms with E-state index >= 15 is 0 Å². The van der Waals surface area contributed by atoms with Crippen molar-refractivity contribution < 1.29 is 33.0 Å². The number of fused-ring (bicyclic) bond motifs is 1. The number of aliphatic hydroxyl groups excluding tert-OH is 1. The van der Waals surface area contributed by atoms with Gasteiger partial charge in [0.05, 0.1) is 35.8 Å². The summed E-state index contributed by atoms with van der Waals surface area (Å²) in [4.78, 5) is 32.4. The van der Waals surface area contributed by atoms with Gasteiger partial charge in [-0.3, -0.25) is 14.4 Å². The smallest absolute Gasteiger partial charge is 0.335 e. The first kappa shape index (κ1) is 30.0. The molecule has 0 unspecified atom stereocenters. The Hall–Kier alpha value is -3.94. The fourth-order valence-corrected chi connectivity index (χ4v) is 5.75. The minimum absolute atomic E-state index is 0.0999. The molecule has 220 valence electrons. The van der Waals surface area contributed by atoms with Gasteiger partial charge in [0.25, 0.3) is 15.9 Å². The molecule has 1 aliphatic heterocycles. The zero-order valence-corrected chi connectivity index (χ0v) is 24.2. The van der Waals surface area contributed by atoms with E-state index in [9.17, 15) is 28.2 Å². The molecule has 0 fully saturated rings. The highest BCUT2D eigenvalue weighted by Crippen LogP contribution is 2.36. The summed E-state index contributed by atoms with van der Waals surface area (Å²) < 4.78 is 36.8. The average molecular weight is 586 g/mol. The van der Waals surface area contributed by atoms with Gasteiger partial charge in [-0.25, -0.2) is 9.78 Å². The molecule has 12 nitrogen and oxygen atoms in total. The van der Waals surface area contributed by atoms with Crippen LogP contribution in [0.4, 0.5) is 5.69 Å². The molecule has 4 rings (SSSR count). The van der Waals surface area contributed by atoms with Gasteiger partial charge in [0.1, 0.15) is 6.10 Å². The van der Waals surface area contributed by atoms with Crippen molar-refractivity contribution in [2.45, 2.75) is 37.6 Å². The molecule has 13 heteroatoms. The summed E-state index contributed by atoms with van der Waals surface area (Å²) in [5.41, 5.74) is 1.39. The quantitative estimate of drug-likeness (QED) is 0.325. The lowest BCUT2D eigenvalue weighted by Gasteiger charge is -2.38. The normalized spacial score (nSPS) is 18.3. The van der Waals surface area contributed by atoms with Gasteiger partial charge in [-0.05, 0) is 43.8 Å². The standard InChI is InChI=1S/C28H35N5O7S/c1-18-12-33(19(2)16-34)27(35)22-6-5-7-23(30-41(38,39)25-15-32(4)17-29-25)26(22)40-24(18)14-31(3)13-20-8-10-21(11-9-20)28(36)37/h5-11,15,17-19,24,30,34H,12-14,16H2,1-4H3,(H,36,37)/t18-,19-,24+/m1/s1. The lowest BCUT2D eigenvalue weighted by atomic mass is 9.99. The second kappa shape index (κ2) is 12.3. The van der Waals surface area contributed by atoms with Crippen molar-refractivity contribution in [1.82, 2.24) is 19.4 Å². The van der Waals surface area contributed by atoms with Gasteiger partial charge in [0, 0.05) is 38.8 Å². The molecule has 0 bridgehead atoms. The molecule has 3 N–H and O–H groups in total. The fourth-order valence-electron chi connectivity index (χ4n) is 4.70. The number of nitrogens with one attached hydrogen (secondary N) is 1. The van der Waals surface area contributed by atoms with Crippen molar-refractivity contribution in [2.24, 2.45) is 13.0 Å². The second-order valence-electron chi connectivity index (χ2n) is 10.5. The number of amides is 1. The number of nitrogens with zero attached hydrogens (tertiary/aromatic N) is 4. The van der Waals surface area contributed by atoms with Crippen LogP contribution in [-0.4, -0.2) is 88.7 Å². The molecule has 2 heterocycles. The van der Waals surface area contributed by atoms with E-state index in [1.165, 1.54) is 23.2 Å². The summed E-state index contributed by atoms with van der Waals surface area (Å²) in [5, 5.41) is 18.9. The Morgan fingerprint density at radius 2 is 1.95 bits per heavy atom. The number of sulfonamides is 1. The summed E-state index contributed by atoms with van der Waals surface area (Å²) >= 11 is 0. The molecule has 0 aliphatic carbocycles. The number of carbonyl (C=O) groups excluding carboxylic acids is 1. The summed E-state index contributed by atoms with van der Waals surface area (Å²) in [6.45, 7) is 4.69. The van der Waals surface area contributed by atoms with Crippen molar-refractivity contribution >= 4 is 27.6 Å². The van der Waals surface area contributed by atoms with Crippen LogP contribution in [-0.2, 0) is 23.6 Å². The second-order valence-corrected chi connectivity index (χ2v) is 12.1. The number of anilines is 1. The highest BCUT2D eigenvalue weighted by molar-refractivity contribution is 7.92. The molecule has 0 radical (unpaired) electrons. The van der Waals surface area contributed by atoms with Crippen LogP contribution >= 0.6 is 0 Å². The number of benzene rings is 2. The highest BCUT2D eigenvalue weighted by atomic mass is 32.2. The number of aryl methyl sites for hydroxylation is 1. The van der Waals surface area contributed by atoms with Gasteiger partial charge in [0.15, 0.2) is 10.8 Å². The van der Waals surface area contributed by atoms with E-state index in [2.05, 4.69) is 9.71 Å². The Morgan fingerprint density at radius 1 is 1.24 bits per heavy atom. The molecule has 1 aromatic heterocycles. The average Bonchev–Trinajstić information content (AvgIpc) is 3.38. The number of imidazole rings is 1. The zero-order chi connectivity index (χ0) is 29.9. The largest absolute Gasteiger partial charge is 0.486 e. The summed E-state index contributed by atoms with van der Waals surface area (Å²) in [5.74, 6) is -1.47. The van der Waals surface area contributed by atoms with E-state index in [0.29, 0.717) is 19.6 Å².